The molecule has 4 nitrogen and oxygen atoms in total. The smallest absolute Gasteiger partial charge is 0.0738 e. The first kappa shape index (κ1) is 11.6. The van der Waals surface area contributed by atoms with Crippen LogP contribution in [0.2, 0.25) is 0 Å². The summed E-state index contributed by atoms with van der Waals surface area (Å²) in [5, 5.41) is 11.5. The molecule has 1 N–H and O–H groups in total. The molecule has 2 unspecified atom stereocenters. The quantitative estimate of drug-likeness (QED) is 0.847. The van der Waals surface area contributed by atoms with Gasteiger partial charge in [-0.05, 0) is 24.7 Å². The Kier molecular flexibility index (Phi) is 3.59. The molecular formula is C12H22N4. The standard InChI is InChI=1S/C12H22N4/c1-9-5-4-6-10(2)12(9)13-7-11-8-14-15-16(11)3/h8-10,12-13H,4-7H2,1-3H3. The van der Waals surface area contributed by atoms with Crippen LogP contribution in [0.5, 0.6) is 0 Å². The molecule has 0 radical (unpaired) electrons. The lowest BCUT2D eigenvalue weighted by atomic mass is 9.79. The summed E-state index contributed by atoms with van der Waals surface area (Å²) in [4.78, 5) is 0. The molecule has 1 fully saturated rings. The van der Waals surface area contributed by atoms with Gasteiger partial charge in [0.1, 0.15) is 0 Å². The van der Waals surface area contributed by atoms with Gasteiger partial charge in [0, 0.05) is 19.6 Å². The van der Waals surface area contributed by atoms with Crippen molar-refractivity contribution in [1.82, 2.24) is 20.3 Å². The SMILES string of the molecule is CC1CCCC(C)C1NCc1cnnn1C. The van der Waals surface area contributed by atoms with Crippen molar-refractivity contribution in [2.45, 2.75) is 45.7 Å². The molecule has 1 aliphatic rings. The summed E-state index contributed by atoms with van der Waals surface area (Å²) in [5.74, 6) is 1.56. The van der Waals surface area contributed by atoms with E-state index in [0.717, 1.165) is 24.1 Å². The van der Waals surface area contributed by atoms with Gasteiger partial charge in [-0.2, -0.15) is 0 Å². The van der Waals surface area contributed by atoms with Crippen LogP contribution in [-0.2, 0) is 13.6 Å². The van der Waals surface area contributed by atoms with Crippen LogP contribution in [0, 0.1) is 11.8 Å². The Balaban J connectivity index is 1.91. The normalized spacial score (nSPS) is 30.6. The molecule has 0 aliphatic heterocycles. The monoisotopic (exact) mass is 222 g/mol. The van der Waals surface area contributed by atoms with Gasteiger partial charge < -0.3 is 5.32 Å². The lowest BCUT2D eigenvalue weighted by Gasteiger charge is -2.35. The zero-order valence-corrected chi connectivity index (χ0v) is 10.5. The van der Waals surface area contributed by atoms with E-state index in [2.05, 4.69) is 29.5 Å². The van der Waals surface area contributed by atoms with E-state index in [0.29, 0.717) is 6.04 Å². The zero-order chi connectivity index (χ0) is 11.5. The summed E-state index contributed by atoms with van der Waals surface area (Å²) in [6.45, 7) is 5.59. The van der Waals surface area contributed by atoms with Crippen LogP contribution < -0.4 is 5.32 Å². The molecule has 1 heterocycles. The lowest BCUT2D eigenvalue weighted by Crippen LogP contribution is -2.42. The van der Waals surface area contributed by atoms with E-state index in [1.54, 1.807) is 0 Å². The Morgan fingerprint density at radius 2 is 2.06 bits per heavy atom. The number of hydrogen-bond acceptors (Lipinski definition) is 3. The minimum absolute atomic E-state index is 0.642. The van der Waals surface area contributed by atoms with Gasteiger partial charge in [0.2, 0.25) is 0 Å². The Labute approximate surface area is 97.4 Å². The Morgan fingerprint density at radius 1 is 1.38 bits per heavy atom. The van der Waals surface area contributed by atoms with Crippen molar-refractivity contribution in [3.8, 4) is 0 Å². The molecule has 0 saturated heterocycles. The molecule has 1 aliphatic carbocycles. The second kappa shape index (κ2) is 4.95. The first-order valence-electron chi connectivity index (χ1n) is 6.25. The molecule has 2 rings (SSSR count). The molecule has 4 heteroatoms. The fourth-order valence-corrected chi connectivity index (χ4v) is 2.78. The van der Waals surface area contributed by atoms with Gasteiger partial charge in [0.25, 0.3) is 0 Å². The molecule has 0 amide bonds. The van der Waals surface area contributed by atoms with Crippen molar-refractivity contribution >= 4 is 0 Å². The topological polar surface area (TPSA) is 42.7 Å². The highest BCUT2D eigenvalue weighted by molar-refractivity contribution is 4.94. The highest BCUT2D eigenvalue weighted by Crippen LogP contribution is 2.28. The van der Waals surface area contributed by atoms with Crippen molar-refractivity contribution < 1.29 is 0 Å². The minimum Gasteiger partial charge on any atom is -0.308 e. The second-order valence-corrected chi connectivity index (χ2v) is 5.14. The van der Waals surface area contributed by atoms with Crippen LogP contribution in [0.25, 0.3) is 0 Å². The van der Waals surface area contributed by atoms with Gasteiger partial charge in [0.05, 0.1) is 11.9 Å². The summed E-state index contributed by atoms with van der Waals surface area (Å²) < 4.78 is 1.84. The van der Waals surface area contributed by atoms with E-state index in [4.69, 9.17) is 0 Å². The Bertz CT molecular complexity index is 324. The third-order valence-corrected chi connectivity index (χ3v) is 3.87. The van der Waals surface area contributed by atoms with Crippen molar-refractivity contribution in [2.24, 2.45) is 18.9 Å². The van der Waals surface area contributed by atoms with E-state index in [1.165, 1.54) is 19.3 Å². The fourth-order valence-electron chi connectivity index (χ4n) is 2.78. The predicted octanol–water partition coefficient (Wildman–Crippen LogP) is 1.73. The van der Waals surface area contributed by atoms with E-state index >= 15 is 0 Å². The van der Waals surface area contributed by atoms with Crippen LogP contribution >= 0.6 is 0 Å². The first-order chi connectivity index (χ1) is 7.68. The second-order valence-electron chi connectivity index (χ2n) is 5.14. The lowest BCUT2D eigenvalue weighted by molar-refractivity contribution is 0.206. The Hall–Kier alpha value is -0.900. The van der Waals surface area contributed by atoms with E-state index in [9.17, 15) is 0 Å². The average molecular weight is 222 g/mol. The number of hydrogen-bond donors (Lipinski definition) is 1. The van der Waals surface area contributed by atoms with Crippen LogP contribution in [-0.4, -0.2) is 21.0 Å². The number of rotatable bonds is 3. The molecule has 0 spiro atoms. The third-order valence-electron chi connectivity index (χ3n) is 3.87. The van der Waals surface area contributed by atoms with Crippen molar-refractivity contribution in [2.75, 3.05) is 0 Å². The van der Waals surface area contributed by atoms with Gasteiger partial charge in [-0.1, -0.05) is 25.5 Å². The zero-order valence-electron chi connectivity index (χ0n) is 10.5. The van der Waals surface area contributed by atoms with Crippen LogP contribution in [0.15, 0.2) is 6.20 Å². The van der Waals surface area contributed by atoms with Gasteiger partial charge in [-0.3, -0.25) is 4.68 Å². The molecule has 1 saturated carbocycles. The summed E-state index contributed by atoms with van der Waals surface area (Å²) in [6.07, 6.45) is 5.93. The molecule has 1 aromatic heterocycles. The van der Waals surface area contributed by atoms with E-state index in [1.807, 2.05) is 17.9 Å². The van der Waals surface area contributed by atoms with Crippen LogP contribution in [0.1, 0.15) is 38.8 Å². The number of nitrogens with zero attached hydrogens (tertiary/aromatic N) is 3. The molecule has 0 bridgehead atoms. The molecule has 90 valence electrons. The van der Waals surface area contributed by atoms with E-state index in [-0.39, 0.29) is 0 Å². The molecule has 1 aromatic rings. The predicted molar refractivity (Wildman–Crippen MR) is 63.8 cm³/mol. The van der Waals surface area contributed by atoms with Crippen LogP contribution in [0.3, 0.4) is 0 Å². The minimum atomic E-state index is 0.642. The summed E-state index contributed by atoms with van der Waals surface area (Å²) in [5.41, 5.74) is 1.16. The number of aryl methyl sites for hydroxylation is 1. The van der Waals surface area contributed by atoms with E-state index < -0.39 is 0 Å². The van der Waals surface area contributed by atoms with Crippen molar-refractivity contribution in [1.29, 1.82) is 0 Å². The summed E-state index contributed by atoms with van der Waals surface area (Å²) in [7, 11) is 1.94. The van der Waals surface area contributed by atoms with Crippen molar-refractivity contribution in [3.05, 3.63) is 11.9 Å². The van der Waals surface area contributed by atoms with Crippen LogP contribution in [0.4, 0.5) is 0 Å². The van der Waals surface area contributed by atoms with Gasteiger partial charge >= 0.3 is 0 Å². The maximum atomic E-state index is 3.95. The van der Waals surface area contributed by atoms with Crippen molar-refractivity contribution in [3.63, 3.8) is 0 Å². The van der Waals surface area contributed by atoms with Gasteiger partial charge in [-0.25, -0.2) is 0 Å². The largest absolute Gasteiger partial charge is 0.308 e. The summed E-state index contributed by atoms with van der Waals surface area (Å²) >= 11 is 0. The molecule has 2 atom stereocenters. The maximum absolute atomic E-state index is 3.95. The highest BCUT2D eigenvalue weighted by Gasteiger charge is 2.27. The Morgan fingerprint density at radius 3 is 2.62 bits per heavy atom. The average Bonchev–Trinajstić information content (AvgIpc) is 2.64. The fraction of sp³-hybridized carbons (Fsp3) is 0.833. The maximum Gasteiger partial charge on any atom is 0.0738 e. The van der Waals surface area contributed by atoms with Gasteiger partial charge in [-0.15, -0.1) is 5.10 Å². The first-order valence-corrected chi connectivity index (χ1v) is 6.25. The third kappa shape index (κ3) is 2.43. The summed E-state index contributed by atoms with van der Waals surface area (Å²) in [6, 6.07) is 0.642. The highest BCUT2D eigenvalue weighted by atomic mass is 15.4. The molecule has 16 heavy (non-hydrogen) atoms. The molecular weight excluding hydrogens is 200 g/mol. The van der Waals surface area contributed by atoms with Gasteiger partial charge in [0.15, 0.2) is 0 Å². The molecule has 0 aromatic carbocycles. The number of aromatic nitrogens is 3. The number of nitrogens with one attached hydrogen (secondary N) is 1.